The Bertz CT molecular complexity index is 219. The molecule has 0 aromatic heterocycles. The molecule has 0 heterocycles. The van der Waals surface area contributed by atoms with Crippen LogP contribution in [0.4, 0.5) is 0 Å². The van der Waals surface area contributed by atoms with E-state index in [9.17, 15) is 8.42 Å². The van der Waals surface area contributed by atoms with Gasteiger partial charge in [-0.15, -0.1) is 24.4 Å². The monoisotopic (exact) mass is 232 g/mol. The van der Waals surface area contributed by atoms with Crippen molar-refractivity contribution >= 4 is 50.3 Å². The van der Waals surface area contributed by atoms with Crippen molar-refractivity contribution in [1.82, 2.24) is 0 Å². The fraction of sp³-hybridized carbons (Fsp3) is 0.750. The molecule has 0 aliphatic carbocycles. The lowest BCUT2D eigenvalue weighted by molar-refractivity contribution is 0.482. The Morgan fingerprint density at radius 2 is 2.18 bits per heavy atom. The quantitative estimate of drug-likeness (QED) is 0.330. The van der Waals surface area contributed by atoms with E-state index in [0.29, 0.717) is 15.7 Å². The SMILES string of the molecule is O=S(=O)(O)CCCSC(=S)S. The van der Waals surface area contributed by atoms with E-state index in [4.69, 9.17) is 4.55 Å². The summed E-state index contributed by atoms with van der Waals surface area (Å²) in [6, 6.07) is 0. The van der Waals surface area contributed by atoms with Crippen LogP contribution in [0.25, 0.3) is 0 Å². The lowest BCUT2D eigenvalue weighted by atomic mass is 10.6. The summed E-state index contributed by atoms with van der Waals surface area (Å²) in [7, 11) is -3.80. The maximum absolute atomic E-state index is 10.2. The standard InChI is InChI=1S/C4H8O3S4/c5-11(6,7)3-1-2-10-4(8)9/h1-3H2,(H,8,9)(H,5,6,7). The topological polar surface area (TPSA) is 54.4 Å². The lowest BCUT2D eigenvalue weighted by Gasteiger charge is -1.95. The van der Waals surface area contributed by atoms with Crippen LogP contribution in [0.3, 0.4) is 0 Å². The molecule has 0 rings (SSSR count). The van der Waals surface area contributed by atoms with Crippen LogP contribution in [-0.4, -0.2) is 28.0 Å². The molecular weight excluding hydrogens is 224 g/mol. The third kappa shape index (κ3) is 10.7. The maximum atomic E-state index is 10.2. The summed E-state index contributed by atoms with van der Waals surface area (Å²) in [6.45, 7) is 0. The summed E-state index contributed by atoms with van der Waals surface area (Å²) < 4.78 is 29.1. The number of thiocarbonyl (C=S) groups is 1. The first kappa shape index (κ1) is 11.7. The molecule has 0 spiro atoms. The van der Waals surface area contributed by atoms with Gasteiger partial charge in [0.15, 0.2) is 0 Å². The molecule has 0 atom stereocenters. The predicted molar refractivity (Wildman–Crippen MR) is 55.1 cm³/mol. The second-order valence-corrected chi connectivity index (χ2v) is 6.15. The molecule has 0 aliphatic heterocycles. The molecule has 66 valence electrons. The zero-order valence-corrected chi connectivity index (χ0v) is 8.90. The Labute approximate surface area is 81.1 Å². The van der Waals surface area contributed by atoms with Crippen LogP contribution in [0, 0.1) is 0 Å². The minimum Gasteiger partial charge on any atom is -0.286 e. The summed E-state index contributed by atoms with van der Waals surface area (Å²) in [6.07, 6.45) is 0.393. The van der Waals surface area contributed by atoms with Gasteiger partial charge in [0.1, 0.15) is 3.53 Å². The van der Waals surface area contributed by atoms with Gasteiger partial charge in [0, 0.05) is 5.75 Å². The van der Waals surface area contributed by atoms with Crippen LogP contribution in [-0.2, 0) is 10.1 Å². The number of thiol groups is 1. The lowest BCUT2D eigenvalue weighted by Crippen LogP contribution is -2.04. The molecule has 7 heteroatoms. The second-order valence-electron chi connectivity index (χ2n) is 1.75. The van der Waals surface area contributed by atoms with E-state index in [1.54, 1.807) is 0 Å². The number of hydrogen-bond donors (Lipinski definition) is 2. The molecule has 0 aliphatic rings. The molecule has 0 bridgehead atoms. The van der Waals surface area contributed by atoms with Crippen LogP contribution in [0.2, 0.25) is 0 Å². The third-order valence-electron chi connectivity index (χ3n) is 0.772. The minimum absolute atomic E-state index is 0.212. The maximum Gasteiger partial charge on any atom is 0.264 e. The first-order valence-corrected chi connectivity index (χ1v) is 6.18. The van der Waals surface area contributed by atoms with Gasteiger partial charge in [-0.1, -0.05) is 12.2 Å². The number of rotatable bonds is 4. The van der Waals surface area contributed by atoms with Crippen LogP contribution in [0.5, 0.6) is 0 Å². The van der Waals surface area contributed by atoms with Gasteiger partial charge in [-0.05, 0) is 6.42 Å². The molecule has 0 saturated carbocycles. The fourth-order valence-electron chi connectivity index (χ4n) is 0.401. The van der Waals surface area contributed by atoms with Crippen molar-refractivity contribution in [2.24, 2.45) is 0 Å². The van der Waals surface area contributed by atoms with Gasteiger partial charge in [0.2, 0.25) is 0 Å². The fourth-order valence-corrected chi connectivity index (χ4v) is 2.08. The largest absolute Gasteiger partial charge is 0.286 e. The normalized spacial score (nSPS) is 11.5. The first-order chi connectivity index (χ1) is 4.92. The van der Waals surface area contributed by atoms with Crippen molar-refractivity contribution in [3.05, 3.63) is 0 Å². The Balaban J connectivity index is 3.37. The Hall–Kier alpha value is 0.700. The van der Waals surface area contributed by atoms with E-state index in [1.165, 1.54) is 11.8 Å². The van der Waals surface area contributed by atoms with Crippen molar-refractivity contribution in [3.8, 4) is 0 Å². The summed E-state index contributed by atoms with van der Waals surface area (Å²) in [5.41, 5.74) is 0. The zero-order valence-electron chi connectivity index (χ0n) is 5.56. The summed E-state index contributed by atoms with van der Waals surface area (Å²) in [4.78, 5) is 0. The van der Waals surface area contributed by atoms with E-state index in [-0.39, 0.29) is 5.75 Å². The van der Waals surface area contributed by atoms with Crippen molar-refractivity contribution in [2.45, 2.75) is 6.42 Å². The zero-order chi connectivity index (χ0) is 8.91. The number of hydrogen-bond acceptors (Lipinski definition) is 4. The van der Waals surface area contributed by atoms with E-state index in [0.717, 1.165) is 0 Å². The highest BCUT2D eigenvalue weighted by Crippen LogP contribution is 2.09. The summed E-state index contributed by atoms with van der Waals surface area (Å²) in [5, 5.41) is 0. The molecule has 11 heavy (non-hydrogen) atoms. The summed E-state index contributed by atoms with van der Waals surface area (Å²) in [5.74, 6) is 0.360. The van der Waals surface area contributed by atoms with Crippen LogP contribution < -0.4 is 0 Å². The average molecular weight is 232 g/mol. The molecule has 0 unspecified atom stereocenters. The molecule has 0 radical (unpaired) electrons. The van der Waals surface area contributed by atoms with Crippen molar-refractivity contribution in [2.75, 3.05) is 11.5 Å². The predicted octanol–water partition coefficient (Wildman–Crippen LogP) is 1.21. The van der Waals surface area contributed by atoms with Crippen molar-refractivity contribution in [3.63, 3.8) is 0 Å². The molecule has 3 nitrogen and oxygen atoms in total. The Morgan fingerprint density at radius 1 is 1.64 bits per heavy atom. The van der Waals surface area contributed by atoms with E-state index >= 15 is 0 Å². The molecule has 0 fully saturated rings. The highest BCUT2D eigenvalue weighted by Gasteiger charge is 2.03. The van der Waals surface area contributed by atoms with Crippen LogP contribution in [0.1, 0.15) is 6.42 Å². The molecule has 0 aromatic rings. The van der Waals surface area contributed by atoms with Gasteiger partial charge in [-0.2, -0.15) is 8.42 Å². The van der Waals surface area contributed by atoms with Gasteiger partial charge in [0.25, 0.3) is 10.1 Å². The van der Waals surface area contributed by atoms with E-state index in [1.807, 2.05) is 0 Å². The van der Waals surface area contributed by atoms with Gasteiger partial charge < -0.3 is 0 Å². The highest BCUT2D eigenvalue weighted by atomic mass is 32.2. The van der Waals surface area contributed by atoms with Gasteiger partial charge in [0.05, 0.1) is 5.75 Å². The molecule has 0 amide bonds. The van der Waals surface area contributed by atoms with Crippen LogP contribution >= 0.6 is 36.6 Å². The molecule has 0 saturated heterocycles. The van der Waals surface area contributed by atoms with E-state index < -0.39 is 10.1 Å². The van der Waals surface area contributed by atoms with Gasteiger partial charge >= 0.3 is 0 Å². The first-order valence-electron chi connectivity index (χ1n) is 2.73. The third-order valence-corrected chi connectivity index (χ3v) is 3.06. The van der Waals surface area contributed by atoms with Gasteiger partial charge in [-0.3, -0.25) is 4.55 Å². The van der Waals surface area contributed by atoms with E-state index in [2.05, 4.69) is 24.8 Å². The smallest absolute Gasteiger partial charge is 0.264 e. The van der Waals surface area contributed by atoms with Crippen molar-refractivity contribution < 1.29 is 13.0 Å². The highest BCUT2D eigenvalue weighted by molar-refractivity contribution is 8.41. The Kier molecular flexibility index (Phi) is 5.71. The van der Waals surface area contributed by atoms with Gasteiger partial charge in [-0.25, -0.2) is 0 Å². The molecule has 1 N–H and O–H groups in total. The number of thioether (sulfide) groups is 1. The molecular formula is C4H8O3S4. The van der Waals surface area contributed by atoms with Crippen LogP contribution in [0.15, 0.2) is 0 Å². The Morgan fingerprint density at radius 3 is 2.55 bits per heavy atom. The molecule has 0 aromatic carbocycles. The average Bonchev–Trinajstić information content (AvgIpc) is 1.78. The van der Waals surface area contributed by atoms with Crippen molar-refractivity contribution in [1.29, 1.82) is 0 Å². The minimum atomic E-state index is -3.80. The summed E-state index contributed by atoms with van der Waals surface area (Å²) >= 11 is 9.74. The second kappa shape index (κ2) is 5.36.